The molecule has 0 aromatic rings. The molecular formula is C17H28O. The molecule has 0 bridgehead atoms. The van der Waals surface area contributed by atoms with Crippen LogP contribution in [0, 0.1) is 5.92 Å². The summed E-state index contributed by atoms with van der Waals surface area (Å²) in [5.41, 5.74) is 1.19. The number of hydrogen-bond donors (Lipinski definition) is 0. The van der Waals surface area contributed by atoms with E-state index in [-0.39, 0.29) is 0 Å². The van der Waals surface area contributed by atoms with E-state index in [1.165, 1.54) is 37.7 Å². The molecule has 18 heavy (non-hydrogen) atoms. The molecular weight excluding hydrogens is 220 g/mol. The largest absolute Gasteiger partial charge is 0.385 e. The second-order valence-corrected chi connectivity index (χ2v) is 4.67. The van der Waals surface area contributed by atoms with Crippen LogP contribution in [0.4, 0.5) is 0 Å². The first kappa shape index (κ1) is 16.9. The van der Waals surface area contributed by atoms with Gasteiger partial charge in [-0.05, 0) is 19.3 Å². The lowest BCUT2D eigenvalue weighted by Crippen LogP contribution is -1.98. The topological polar surface area (TPSA) is 9.23 Å². The first-order valence-electron chi connectivity index (χ1n) is 6.82. The third kappa shape index (κ3) is 10.1. The molecule has 1 nitrogen and oxygen atoms in total. The fraction of sp³-hybridized carbons (Fsp3) is 0.529. The van der Waals surface area contributed by atoms with Crippen molar-refractivity contribution in [2.45, 2.75) is 39.0 Å². The molecule has 1 aliphatic carbocycles. The first-order valence-corrected chi connectivity index (χ1v) is 6.82. The van der Waals surface area contributed by atoms with Crippen LogP contribution in [0.15, 0.2) is 49.1 Å². The highest BCUT2D eigenvalue weighted by atomic mass is 16.5. The fourth-order valence-electron chi connectivity index (χ4n) is 2.04. The maximum Gasteiger partial charge on any atom is 0.0464 e. The molecule has 0 spiro atoms. The Hall–Kier alpha value is -1.08. The standard InChI is InChI=1S/C9H12.C8H16O/c1-4-6-8-9(3)7-5-2;1-9-7-6-8-4-2-3-5-8/h4-8H,1-2H2,3H3;8H,2-7H2,1H3/b8-6-,9-7-;. The van der Waals surface area contributed by atoms with Gasteiger partial charge in [-0.2, -0.15) is 0 Å². The Balaban J connectivity index is 0.000000321. The average Bonchev–Trinajstić information content (AvgIpc) is 2.88. The summed E-state index contributed by atoms with van der Waals surface area (Å²) in [6, 6.07) is 0. The predicted molar refractivity (Wildman–Crippen MR) is 81.7 cm³/mol. The smallest absolute Gasteiger partial charge is 0.0464 e. The molecule has 1 aliphatic rings. The van der Waals surface area contributed by atoms with Gasteiger partial charge >= 0.3 is 0 Å². The summed E-state index contributed by atoms with van der Waals surface area (Å²) >= 11 is 0. The summed E-state index contributed by atoms with van der Waals surface area (Å²) < 4.78 is 5.00. The summed E-state index contributed by atoms with van der Waals surface area (Å²) in [4.78, 5) is 0. The highest BCUT2D eigenvalue weighted by Gasteiger charge is 2.13. The van der Waals surface area contributed by atoms with Crippen LogP contribution in [0.2, 0.25) is 0 Å². The van der Waals surface area contributed by atoms with Crippen molar-refractivity contribution in [1.82, 2.24) is 0 Å². The lowest BCUT2D eigenvalue weighted by atomic mass is 10.1. The van der Waals surface area contributed by atoms with E-state index in [0.29, 0.717) is 0 Å². The molecule has 0 aliphatic heterocycles. The molecule has 1 fully saturated rings. The molecule has 0 N–H and O–H groups in total. The number of ether oxygens (including phenoxy) is 1. The molecule has 1 rings (SSSR count). The van der Waals surface area contributed by atoms with E-state index in [1.54, 1.807) is 19.3 Å². The van der Waals surface area contributed by atoms with Gasteiger partial charge in [0.05, 0.1) is 0 Å². The van der Waals surface area contributed by atoms with E-state index in [2.05, 4.69) is 13.2 Å². The number of rotatable bonds is 6. The van der Waals surface area contributed by atoms with Crippen molar-refractivity contribution in [3.8, 4) is 0 Å². The summed E-state index contributed by atoms with van der Waals surface area (Å²) in [6.45, 7) is 10.1. The maximum atomic E-state index is 5.00. The molecule has 1 saturated carbocycles. The number of methoxy groups -OCH3 is 1. The second-order valence-electron chi connectivity index (χ2n) is 4.67. The Bertz CT molecular complexity index is 267. The zero-order valence-electron chi connectivity index (χ0n) is 12.0. The Labute approximate surface area is 113 Å². The second kappa shape index (κ2) is 12.4. The summed E-state index contributed by atoms with van der Waals surface area (Å²) in [6.07, 6.45) is 16.4. The lowest BCUT2D eigenvalue weighted by Gasteiger charge is -2.05. The van der Waals surface area contributed by atoms with E-state index in [9.17, 15) is 0 Å². The Morgan fingerprint density at radius 1 is 1.22 bits per heavy atom. The van der Waals surface area contributed by atoms with Gasteiger partial charge in [0.25, 0.3) is 0 Å². The summed E-state index contributed by atoms with van der Waals surface area (Å²) in [5, 5.41) is 0. The van der Waals surface area contributed by atoms with Crippen molar-refractivity contribution < 1.29 is 4.74 Å². The zero-order valence-corrected chi connectivity index (χ0v) is 12.0. The van der Waals surface area contributed by atoms with Crippen LogP contribution in [0.1, 0.15) is 39.0 Å². The Kier molecular flexibility index (Phi) is 11.6. The Morgan fingerprint density at radius 2 is 1.89 bits per heavy atom. The third-order valence-electron chi connectivity index (χ3n) is 3.08. The minimum atomic E-state index is 0.963. The minimum absolute atomic E-state index is 0.963. The van der Waals surface area contributed by atoms with Crippen LogP contribution in [-0.4, -0.2) is 13.7 Å². The highest BCUT2D eigenvalue weighted by molar-refractivity contribution is 5.22. The summed E-state index contributed by atoms with van der Waals surface area (Å²) in [7, 11) is 1.79. The van der Waals surface area contributed by atoms with Crippen LogP contribution in [0.5, 0.6) is 0 Å². The maximum absolute atomic E-state index is 5.00. The van der Waals surface area contributed by atoms with E-state index in [1.807, 2.05) is 25.2 Å². The zero-order chi connectivity index (χ0) is 13.6. The van der Waals surface area contributed by atoms with Gasteiger partial charge in [0, 0.05) is 13.7 Å². The Morgan fingerprint density at radius 3 is 2.39 bits per heavy atom. The lowest BCUT2D eigenvalue weighted by molar-refractivity contribution is 0.178. The SMILES string of the molecule is C=C/C=C\C(C)=C/C=C.COCCC1CCCC1. The van der Waals surface area contributed by atoms with Crippen LogP contribution >= 0.6 is 0 Å². The molecule has 0 aromatic heterocycles. The molecule has 0 heterocycles. The van der Waals surface area contributed by atoms with Crippen molar-refractivity contribution in [3.05, 3.63) is 49.1 Å². The molecule has 0 radical (unpaired) electrons. The van der Waals surface area contributed by atoms with Crippen LogP contribution < -0.4 is 0 Å². The van der Waals surface area contributed by atoms with Gasteiger partial charge in [0.1, 0.15) is 0 Å². The van der Waals surface area contributed by atoms with Crippen molar-refractivity contribution in [2.75, 3.05) is 13.7 Å². The van der Waals surface area contributed by atoms with Crippen LogP contribution in [0.25, 0.3) is 0 Å². The quantitative estimate of drug-likeness (QED) is 0.596. The fourth-order valence-corrected chi connectivity index (χ4v) is 2.04. The van der Waals surface area contributed by atoms with Gasteiger partial charge < -0.3 is 4.74 Å². The molecule has 0 unspecified atom stereocenters. The third-order valence-corrected chi connectivity index (χ3v) is 3.08. The van der Waals surface area contributed by atoms with Gasteiger partial charge in [0.15, 0.2) is 0 Å². The molecule has 0 aromatic carbocycles. The van der Waals surface area contributed by atoms with Gasteiger partial charge in [-0.15, -0.1) is 0 Å². The number of hydrogen-bond acceptors (Lipinski definition) is 1. The van der Waals surface area contributed by atoms with Crippen molar-refractivity contribution in [3.63, 3.8) is 0 Å². The van der Waals surface area contributed by atoms with Gasteiger partial charge in [-0.1, -0.05) is 74.8 Å². The highest BCUT2D eigenvalue weighted by Crippen LogP contribution is 2.27. The van der Waals surface area contributed by atoms with Crippen molar-refractivity contribution in [2.24, 2.45) is 5.92 Å². The molecule has 1 heteroatoms. The van der Waals surface area contributed by atoms with E-state index < -0.39 is 0 Å². The molecule has 102 valence electrons. The molecule has 0 saturated heterocycles. The first-order chi connectivity index (χ1) is 8.74. The van der Waals surface area contributed by atoms with E-state index in [4.69, 9.17) is 4.74 Å². The molecule has 0 atom stereocenters. The number of allylic oxidation sites excluding steroid dienone is 6. The normalized spacial score (nSPS) is 16.4. The minimum Gasteiger partial charge on any atom is -0.385 e. The predicted octanol–water partition coefficient (Wildman–Crippen LogP) is 5.07. The van der Waals surface area contributed by atoms with Gasteiger partial charge in [-0.25, -0.2) is 0 Å². The average molecular weight is 248 g/mol. The van der Waals surface area contributed by atoms with Crippen molar-refractivity contribution in [1.29, 1.82) is 0 Å². The van der Waals surface area contributed by atoms with Crippen LogP contribution in [0.3, 0.4) is 0 Å². The van der Waals surface area contributed by atoms with E-state index in [0.717, 1.165) is 12.5 Å². The van der Waals surface area contributed by atoms with Gasteiger partial charge in [-0.3, -0.25) is 0 Å². The van der Waals surface area contributed by atoms with E-state index >= 15 is 0 Å². The van der Waals surface area contributed by atoms with Gasteiger partial charge in [0.2, 0.25) is 0 Å². The molecule has 0 amide bonds. The van der Waals surface area contributed by atoms with Crippen LogP contribution in [-0.2, 0) is 4.74 Å². The monoisotopic (exact) mass is 248 g/mol. The van der Waals surface area contributed by atoms with Crippen molar-refractivity contribution >= 4 is 0 Å². The summed E-state index contributed by atoms with van der Waals surface area (Å²) in [5.74, 6) is 0.991.